The summed E-state index contributed by atoms with van der Waals surface area (Å²) in [5, 5.41) is 26.1. The zero-order chi connectivity index (χ0) is 14.5. The number of rotatable bonds is 5. The van der Waals surface area contributed by atoms with Crippen LogP contribution in [0.25, 0.3) is 0 Å². The highest BCUT2D eigenvalue weighted by Crippen LogP contribution is 2.29. The smallest absolute Gasteiger partial charge is 0.292 e. The number of aliphatic hydroxyl groups excluding tert-OH is 1. The Balaban J connectivity index is 2.23. The number of nitro benzene ring substituents is 1. The molecular formula is C13H20N4O3. The molecule has 1 heterocycles. The third-order valence-electron chi connectivity index (χ3n) is 3.34. The van der Waals surface area contributed by atoms with Crippen LogP contribution in [0.4, 0.5) is 17.1 Å². The lowest BCUT2D eigenvalue weighted by atomic mass is 10.1. The van der Waals surface area contributed by atoms with Crippen molar-refractivity contribution >= 4 is 17.1 Å². The lowest BCUT2D eigenvalue weighted by molar-refractivity contribution is -0.383. The molecule has 3 N–H and O–H groups in total. The first-order valence-electron chi connectivity index (χ1n) is 6.73. The first kappa shape index (κ1) is 14.5. The number of aliphatic hydroxyl groups is 1. The molecule has 0 amide bonds. The van der Waals surface area contributed by atoms with Crippen LogP contribution in [-0.2, 0) is 0 Å². The minimum Gasteiger partial charge on any atom is -0.395 e. The van der Waals surface area contributed by atoms with Gasteiger partial charge in [0.1, 0.15) is 5.69 Å². The highest BCUT2D eigenvalue weighted by Gasteiger charge is 2.19. The van der Waals surface area contributed by atoms with E-state index in [4.69, 9.17) is 5.11 Å². The summed E-state index contributed by atoms with van der Waals surface area (Å²) in [6.07, 6.45) is 0. The van der Waals surface area contributed by atoms with Crippen LogP contribution in [0.3, 0.4) is 0 Å². The number of nitro groups is 1. The van der Waals surface area contributed by atoms with E-state index in [0.29, 0.717) is 18.3 Å². The van der Waals surface area contributed by atoms with E-state index in [9.17, 15) is 10.1 Å². The van der Waals surface area contributed by atoms with E-state index in [-0.39, 0.29) is 12.3 Å². The van der Waals surface area contributed by atoms with Gasteiger partial charge in [0.25, 0.3) is 5.69 Å². The van der Waals surface area contributed by atoms with E-state index in [2.05, 4.69) is 22.5 Å². The largest absolute Gasteiger partial charge is 0.395 e. The molecule has 2 rings (SSSR count). The second kappa shape index (κ2) is 6.53. The Morgan fingerprint density at radius 2 is 2.40 bits per heavy atom. The molecule has 1 aliphatic heterocycles. The predicted octanol–water partition coefficient (Wildman–Crippen LogP) is 0.797. The number of benzene rings is 1. The predicted molar refractivity (Wildman–Crippen MR) is 78.3 cm³/mol. The minimum atomic E-state index is -0.413. The van der Waals surface area contributed by atoms with Crippen molar-refractivity contribution in [2.45, 2.75) is 13.0 Å². The van der Waals surface area contributed by atoms with Crippen LogP contribution < -0.4 is 15.5 Å². The molecule has 20 heavy (non-hydrogen) atoms. The van der Waals surface area contributed by atoms with E-state index >= 15 is 0 Å². The van der Waals surface area contributed by atoms with Crippen LogP contribution in [-0.4, -0.2) is 48.9 Å². The summed E-state index contributed by atoms with van der Waals surface area (Å²) in [5.41, 5.74) is 1.45. The average molecular weight is 280 g/mol. The van der Waals surface area contributed by atoms with Crippen molar-refractivity contribution in [3.05, 3.63) is 28.3 Å². The molecule has 1 aliphatic rings. The standard InChI is InChI=1S/C13H20N4O3/c1-10-9-16(6-4-14-10)11-2-3-13(17(19)20)12(8-11)15-5-7-18/h2-3,8,10,14-15,18H,4-7,9H2,1H3/t10-/m1/s1. The molecule has 110 valence electrons. The van der Waals surface area contributed by atoms with Gasteiger partial charge in [-0.05, 0) is 19.1 Å². The molecule has 1 fully saturated rings. The zero-order valence-electron chi connectivity index (χ0n) is 11.5. The topological polar surface area (TPSA) is 90.7 Å². The molecule has 0 saturated carbocycles. The summed E-state index contributed by atoms with van der Waals surface area (Å²) in [7, 11) is 0. The Labute approximate surface area is 117 Å². The summed E-state index contributed by atoms with van der Waals surface area (Å²) in [6.45, 7) is 4.99. The Morgan fingerprint density at radius 1 is 1.60 bits per heavy atom. The van der Waals surface area contributed by atoms with Crippen molar-refractivity contribution in [3.63, 3.8) is 0 Å². The van der Waals surface area contributed by atoms with Crippen molar-refractivity contribution in [2.75, 3.05) is 43.0 Å². The van der Waals surface area contributed by atoms with Crippen molar-refractivity contribution in [3.8, 4) is 0 Å². The van der Waals surface area contributed by atoms with Gasteiger partial charge in [-0.15, -0.1) is 0 Å². The van der Waals surface area contributed by atoms with E-state index in [1.807, 2.05) is 0 Å². The average Bonchev–Trinajstić information content (AvgIpc) is 2.44. The van der Waals surface area contributed by atoms with Crippen LogP contribution >= 0.6 is 0 Å². The number of hydrogen-bond acceptors (Lipinski definition) is 6. The molecule has 1 aromatic carbocycles. The maximum atomic E-state index is 11.0. The highest BCUT2D eigenvalue weighted by atomic mass is 16.6. The molecule has 1 saturated heterocycles. The number of nitrogens with zero attached hydrogens (tertiary/aromatic N) is 2. The first-order valence-corrected chi connectivity index (χ1v) is 6.73. The van der Waals surface area contributed by atoms with Crippen LogP contribution in [0, 0.1) is 10.1 Å². The molecule has 7 nitrogen and oxygen atoms in total. The molecule has 1 aromatic rings. The normalized spacial score (nSPS) is 18.9. The van der Waals surface area contributed by atoms with Crippen molar-refractivity contribution in [1.29, 1.82) is 0 Å². The molecule has 0 unspecified atom stereocenters. The van der Waals surface area contributed by atoms with Crippen LogP contribution in [0.1, 0.15) is 6.92 Å². The van der Waals surface area contributed by atoms with Gasteiger partial charge in [0.15, 0.2) is 0 Å². The number of hydrogen-bond donors (Lipinski definition) is 3. The van der Waals surface area contributed by atoms with Crippen molar-refractivity contribution in [1.82, 2.24) is 5.32 Å². The van der Waals surface area contributed by atoms with Gasteiger partial charge in [-0.25, -0.2) is 0 Å². The lowest BCUT2D eigenvalue weighted by Gasteiger charge is -2.33. The van der Waals surface area contributed by atoms with Crippen molar-refractivity contribution < 1.29 is 10.0 Å². The third kappa shape index (κ3) is 3.37. The summed E-state index contributed by atoms with van der Waals surface area (Å²) < 4.78 is 0. The van der Waals surface area contributed by atoms with Gasteiger partial charge in [0.2, 0.25) is 0 Å². The molecule has 0 radical (unpaired) electrons. The molecule has 0 aromatic heterocycles. The fourth-order valence-corrected chi connectivity index (χ4v) is 2.38. The first-order chi connectivity index (χ1) is 9.61. The van der Waals surface area contributed by atoms with Gasteiger partial charge in [-0.3, -0.25) is 10.1 Å². The van der Waals surface area contributed by atoms with Gasteiger partial charge >= 0.3 is 0 Å². The van der Waals surface area contributed by atoms with Gasteiger partial charge in [0.05, 0.1) is 11.5 Å². The highest BCUT2D eigenvalue weighted by molar-refractivity contribution is 5.69. The Bertz CT molecular complexity index is 481. The fraction of sp³-hybridized carbons (Fsp3) is 0.538. The van der Waals surface area contributed by atoms with E-state index < -0.39 is 4.92 Å². The summed E-state index contributed by atoms with van der Waals surface area (Å²) in [5.74, 6) is 0. The Kier molecular flexibility index (Phi) is 4.75. The fourth-order valence-electron chi connectivity index (χ4n) is 2.38. The Morgan fingerprint density at radius 3 is 3.05 bits per heavy atom. The molecule has 0 bridgehead atoms. The lowest BCUT2D eigenvalue weighted by Crippen LogP contribution is -2.49. The van der Waals surface area contributed by atoms with E-state index in [1.165, 1.54) is 6.07 Å². The second-order valence-corrected chi connectivity index (χ2v) is 4.91. The number of anilines is 2. The van der Waals surface area contributed by atoms with Crippen LogP contribution in [0.5, 0.6) is 0 Å². The minimum absolute atomic E-state index is 0.0328. The monoisotopic (exact) mass is 280 g/mol. The molecule has 0 aliphatic carbocycles. The summed E-state index contributed by atoms with van der Waals surface area (Å²) in [6, 6.07) is 5.47. The Hall–Kier alpha value is -1.86. The van der Waals surface area contributed by atoms with E-state index in [1.54, 1.807) is 12.1 Å². The quantitative estimate of drug-likeness (QED) is 0.546. The SMILES string of the molecule is C[C@@H]1CN(c2ccc([N+](=O)[O-])c(NCCO)c2)CCN1. The molecular weight excluding hydrogens is 260 g/mol. The van der Waals surface area contributed by atoms with Gasteiger partial charge in [0, 0.05) is 44.0 Å². The summed E-state index contributed by atoms with van der Waals surface area (Å²) >= 11 is 0. The maximum absolute atomic E-state index is 11.0. The van der Waals surface area contributed by atoms with Gasteiger partial charge in [-0.1, -0.05) is 0 Å². The second-order valence-electron chi connectivity index (χ2n) is 4.91. The van der Waals surface area contributed by atoms with Crippen molar-refractivity contribution in [2.24, 2.45) is 0 Å². The van der Waals surface area contributed by atoms with E-state index in [0.717, 1.165) is 25.3 Å². The number of piperazine rings is 1. The summed E-state index contributed by atoms with van der Waals surface area (Å²) in [4.78, 5) is 12.8. The maximum Gasteiger partial charge on any atom is 0.292 e. The molecule has 1 atom stereocenters. The van der Waals surface area contributed by atoms with Gasteiger partial charge in [-0.2, -0.15) is 0 Å². The third-order valence-corrected chi connectivity index (χ3v) is 3.34. The van der Waals surface area contributed by atoms with Crippen LogP contribution in [0.15, 0.2) is 18.2 Å². The molecule has 0 spiro atoms. The zero-order valence-corrected chi connectivity index (χ0v) is 11.5. The van der Waals surface area contributed by atoms with Gasteiger partial charge < -0.3 is 20.6 Å². The van der Waals surface area contributed by atoms with Crippen LogP contribution in [0.2, 0.25) is 0 Å². The number of nitrogens with one attached hydrogen (secondary N) is 2. The molecule has 7 heteroatoms.